The van der Waals surface area contributed by atoms with Crippen LogP contribution in [0.3, 0.4) is 0 Å². The van der Waals surface area contributed by atoms with E-state index in [-0.39, 0.29) is 5.82 Å². The van der Waals surface area contributed by atoms with Gasteiger partial charge in [0, 0.05) is 11.6 Å². The highest BCUT2D eigenvalue weighted by molar-refractivity contribution is 5.41. The molecule has 1 unspecified atom stereocenters. The SMILES string of the molecule is CCC(C)c1ccc(Oc2cccc(F)c2[C@H](C)N)cc1. The van der Waals surface area contributed by atoms with E-state index in [1.54, 1.807) is 19.1 Å². The van der Waals surface area contributed by atoms with Crippen LogP contribution in [0.15, 0.2) is 42.5 Å². The normalized spacial score (nSPS) is 13.8. The largest absolute Gasteiger partial charge is 0.457 e. The Bertz CT molecular complexity index is 593. The Labute approximate surface area is 125 Å². The van der Waals surface area contributed by atoms with Crippen LogP contribution in [-0.2, 0) is 0 Å². The third-order valence-corrected chi connectivity index (χ3v) is 3.76. The van der Waals surface area contributed by atoms with Gasteiger partial charge in [0.15, 0.2) is 0 Å². The first kappa shape index (κ1) is 15.5. The second kappa shape index (κ2) is 6.72. The molecule has 0 aromatic heterocycles. The van der Waals surface area contributed by atoms with Crippen LogP contribution >= 0.6 is 0 Å². The fourth-order valence-electron chi connectivity index (χ4n) is 2.28. The molecule has 3 heteroatoms. The predicted molar refractivity (Wildman–Crippen MR) is 84.2 cm³/mol. The van der Waals surface area contributed by atoms with Gasteiger partial charge in [0.1, 0.15) is 17.3 Å². The number of hydrogen-bond donors (Lipinski definition) is 1. The third kappa shape index (κ3) is 3.61. The fraction of sp³-hybridized carbons (Fsp3) is 0.333. The molecule has 0 saturated carbocycles. The highest BCUT2D eigenvalue weighted by atomic mass is 19.1. The molecular formula is C18H22FNO. The Hall–Kier alpha value is -1.87. The molecule has 0 amide bonds. The molecule has 0 fully saturated rings. The summed E-state index contributed by atoms with van der Waals surface area (Å²) in [7, 11) is 0. The molecule has 0 heterocycles. The Balaban J connectivity index is 2.25. The van der Waals surface area contributed by atoms with E-state index in [1.807, 2.05) is 24.3 Å². The Morgan fingerprint density at radius 3 is 2.33 bits per heavy atom. The van der Waals surface area contributed by atoms with Crippen LogP contribution in [0, 0.1) is 5.82 Å². The molecule has 112 valence electrons. The van der Waals surface area contributed by atoms with Crippen molar-refractivity contribution in [3.8, 4) is 11.5 Å². The maximum absolute atomic E-state index is 13.9. The zero-order chi connectivity index (χ0) is 15.4. The summed E-state index contributed by atoms with van der Waals surface area (Å²) in [6.45, 7) is 6.10. The quantitative estimate of drug-likeness (QED) is 0.825. The van der Waals surface area contributed by atoms with Crippen molar-refractivity contribution in [3.63, 3.8) is 0 Å². The number of benzene rings is 2. The highest BCUT2D eigenvalue weighted by Gasteiger charge is 2.14. The average Bonchev–Trinajstić information content (AvgIpc) is 2.47. The van der Waals surface area contributed by atoms with Gasteiger partial charge in [-0.05, 0) is 49.1 Å². The van der Waals surface area contributed by atoms with Crippen molar-refractivity contribution in [1.82, 2.24) is 0 Å². The summed E-state index contributed by atoms with van der Waals surface area (Å²) in [6.07, 6.45) is 1.10. The lowest BCUT2D eigenvalue weighted by atomic mass is 9.99. The molecule has 0 aliphatic carbocycles. The van der Waals surface area contributed by atoms with Crippen LogP contribution in [0.2, 0.25) is 0 Å². The molecule has 2 rings (SSSR count). The Morgan fingerprint density at radius 1 is 1.10 bits per heavy atom. The van der Waals surface area contributed by atoms with Crippen molar-refractivity contribution in [2.24, 2.45) is 5.73 Å². The van der Waals surface area contributed by atoms with E-state index >= 15 is 0 Å². The number of rotatable bonds is 5. The summed E-state index contributed by atoms with van der Waals surface area (Å²) in [4.78, 5) is 0. The number of ether oxygens (including phenoxy) is 1. The minimum absolute atomic E-state index is 0.335. The van der Waals surface area contributed by atoms with Crippen molar-refractivity contribution in [2.45, 2.75) is 39.2 Å². The molecule has 0 aliphatic rings. The Kier molecular flexibility index (Phi) is 4.97. The molecule has 2 aromatic carbocycles. The lowest BCUT2D eigenvalue weighted by Crippen LogP contribution is -2.09. The molecule has 21 heavy (non-hydrogen) atoms. The summed E-state index contributed by atoms with van der Waals surface area (Å²) in [5.41, 5.74) is 7.51. The summed E-state index contributed by atoms with van der Waals surface area (Å²) in [6, 6.07) is 12.3. The van der Waals surface area contributed by atoms with Crippen molar-refractivity contribution in [1.29, 1.82) is 0 Å². The zero-order valence-electron chi connectivity index (χ0n) is 12.8. The first-order valence-electron chi connectivity index (χ1n) is 7.34. The molecule has 0 saturated heterocycles. The standard InChI is InChI=1S/C18H22FNO/c1-4-12(2)14-8-10-15(11-9-14)21-17-7-5-6-16(19)18(17)13(3)20/h5-13H,4,20H2,1-3H3/t12?,13-/m0/s1. The lowest BCUT2D eigenvalue weighted by molar-refractivity contribution is 0.460. The van der Waals surface area contributed by atoms with Gasteiger partial charge < -0.3 is 10.5 Å². The van der Waals surface area contributed by atoms with E-state index in [1.165, 1.54) is 11.6 Å². The van der Waals surface area contributed by atoms with Gasteiger partial charge in [0.05, 0.1) is 0 Å². The Morgan fingerprint density at radius 2 is 1.76 bits per heavy atom. The van der Waals surface area contributed by atoms with Gasteiger partial charge in [-0.1, -0.05) is 32.0 Å². The molecule has 2 atom stereocenters. The van der Waals surface area contributed by atoms with Gasteiger partial charge in [-0.25, -0.2) is 4.39 Å². The van der Waals surface area contributed by atoms with Gasteiger partial charge in [0.2, 0.25) is 0 Å². The van der Waals surface area contributed by atoms with Crippen LogP contribution in [0.1, 0.15) is 50.3 Å². The van der Waals surface area contributed by atoms with Crippen LogP contribution < -0.4 is 10.5 Å². The lowest BCUT2D eigenvalue weighted by Gasteiger charge is -2.15. The van der Waals surface area contributed by atoms with Gasteiger partial charge in [-0.2, -0.15) is 0 Å². The van der Waals surface area contributed by atoms with Crippen LogP contribution in [0.4, 0.5) is 4.39 Å². The molecule has 0 aliphatic heterocycles. The third-order valence-electron chi connectivity index (χ3n) is 3.76. The van der Waals surface area contributed by atoms with Crippen LogP contribution in [0.5, 0.6) is 11.5 Å². The number of hydrogen-bond acceptors (Lipinski definition) is 2. The maximum Gasteiger partial charge on any atom is 0.135 e. The molecule has 0 spiro atoms. The van der Waals surface area contributed by atoms with Crippen LogP contribution in [-0.4, -0.2) is 0 Å². The van der Waals surface area contributed by atoms with E-state index in [4.69, 9.17) is 10.5 Å². The molecule has 0 radical (unpaired) electrons. The summed E-state index contributed by atoms with van der Waals surface area (Å²) in [5.74, 6) is 1.35. The zero-order valence-corrected chi connectivity index (χ0v) is 12.8. The van der Waals surface area contributed by atoms with Gasteiger partial charge >= 0.3 is 0 Å². The average molecular weight is 287 g/mol. The smallest absolute Gasteiger partial charge is 0.135 e. The second-order valence-electron chi connectivity index (χ2n) is 5.42. The monoisotopic (exact) mass is 287 g/mol. The summed E-state index contributed by atoms with van der Waals surface area (Å²) >= 11 is 0. The van der Waals surface area contributed by atoms with E-state index in [0.717, 1.165) is 6.42 Å². The van der Waals surface area contributed by atoms with E-state index in [9.17, 15) is 4.39 Å². The first-order chi connectivity index (χ1) is 10.0. The van der Waals surface area contributed by atoms with Crippen molar-refractivity contribution >= 4 is 0 Å². The number of halogens is 1. The minimum atomic E-state index is -0.416. The molecule has 2 nitrogen and oxygen atoms in total. The van der Waals surface area contributed by atoms with E-state index in [2.05, 4.69) is 13.8 Å². The maximum atomic E-state index is 13.9. The van der Waals surface area contributed by atoms with Gasteiger partial charge in [-0.3, -0.25) is 0 Å². The van der Waals surface area contributed by atoms with E-state index < -0.39 is 6.04 Å². The van der Waals surface area contributed by atoms with Crippen molar-refractivity contribution < 1.29 is 9.13 Å². The molecule has 2 N–H and O–H groups in total. The van der Waals surface area contributed by atoms with Crippen LogP contribution in [0.25, 0.3) is 0 Å². The minimum Gasteiger partial charge on any atom is -0.457 e. The van der Waals surface area contributed by atoms with E-state index in [0.29, 0.717) is 23.0 Å². The van der Waals surface area contributed by atoms with Crippen molar-refractivity contribution in [3.05, 3.63) is 59.4 Å². The fourth-order valence-corrected chi connectivity index (χ4v) is 2.28. The summed E-state index contributed by atoms with van der Waals surface area (Å²) in [5, 5.41) is 0. The molecule has 2 aromatic rings. The van der Waals surface area contributed by atoms with Gasteiger partial charge in [-0.15, -0.1) is 0 Å². The molecule has 0 bridgehead atoms. The predicted octanol–water partition coefficient (Wildman–Crippen LogP) is 5.15. The molecular weight excluding hydrogens is 265 g/mol. The second-order valence-corrected chi connectivity index (χ2v) is 5.42. The topological polar surface area (TPSA) is 35.2 Å². The number of nitrogens with two attached hydrogens (primary N) is 1. The van der Waals surface area contributed by atoms with Gasteiger partial charge in [0.25, 0.3) is 0 Å². The highest BCUT2D eigenvalue weighted by Crippen LogP contribution is 2.31. The first-order valence-corrected chi connectivity index (χ1v) is 7.34. The van der Waals surface area contributed by atoms with Crippen molar-refractivity contribution in [2.75, 3.05) is 0 Å². The summed E-state index contributed by atoms with van der Waals surface area (Å²) < 4.78 is 19.7.